The van der Waals surface area contributed by atoms with E-state index in [0.29, 0.717) is 19.6 Å². The molecule has 0 radical (unpaired) electrons. The van der Waals surface area contributed by atoms with Gasteiger partial charge in [-0.05, 0) is 43.5 Å². The molecule has 0 aromatic heterocycles. The van der Waals surface area contributed by atoms with E-state index in [9.17, 15) is 9.59 Å². The van der Waals surface area contributed by atoms with Crippen LogP contribution in [0.1, 0.15) is 38.2 Å². The second-order valence-corrected chi connectivity index (χ2v) is 5.02. The number of carbonyl (C=O) groups excluding carboxylic acids is 2. The Bertz CT molecular complexity index is 526. The first-order chi connectivity index (χ1) is 11.2. The minimum Gasteiger partial charge on any atom is -0.497 e. The van der Waals surface area contributed by atoms with Crippen LogP contribution in [0.4, 0.5) is 0 Å². The molecule has 0 aliphatic rings. The summed E-state index contributed by atoms with van der Waals surface area (Å²) in [6.45, 7) is 2.82. The van der Waals surface area contributed by atoms with Gasteiger partial charge in [-0.25, -0.2) is 0 Å². The van der Waals surface area contributed by atoms with Crippen LogP contribution < -0.4 is 10.1 Å². The van der Waals surface area contributed by atoms with Gasteiger partial charge in [0.25, 0.3) is 0 Å². The van der Waals surface area contributed by atoms with Crippen LogP contribution in [0.2, 0.25) is 0 Å². The lowest BCUT2D eigenvalue weighted by atomic mass is 10.2. The van der Waals surface area contributed by atoms with Crippen LogP contribution in [0.15, 0.2) is 30.3 Å². The molecule has 0 heterocycles. The minimum absolute atomic E-state index is 0.127. The standard InChI is InChI=1S/C18H25NO4/c1-3-23-18(21)10-5-4-6-13-19-17(20)12-11-15-8-7-9-16(14-15)22-2/h7-9,11-12,14H,3-6,10,13H2,1-2H3,(H,19,20)/b12-11+. The van der Waals surface area contributed by atoms with Gasteiger partial charge >= 0.3 is 5.97 Å². The number of hydrogen-bond acceptors (Lipinski definition) is 4. The smallest absolute Gasteiger partial charge is 0.305 e. The summed E-state index contributed by atoms with van der Waals surface area (Å²) >= 11 is 0. The monoisotopic (exact) mass is 319 g/mol. The molecule has 1 N–H and O–H groups in total. The topological polar surface area (TPSA) is 64.6 Å². The molecule has 1 rings (SSSR count). The van der Waals surface area contributed by atoms with Gasteiger partial charge in [0.05, 0.1) is 13.7 Å². The van der Waals surface area contributed by atoms with Gasteiger partial charge in [0.2, 0.25) is 5.91 Å². The van der Waals surface area contributed by atoms with E-state index in [4.69, 9.17) is 9.47 Å². The van der Waals surface area contributed by atoms with E-state index in [2.05, 4.69) is 5.32 Å². The molecular weight excluding hydrogens is 294 g/mol. The average molecular weight is 319 g/mol. The Labute approximate surface area is 137 Å². The maximum Gasteiger partial charge on any atom is 0.305 e. The van der Waals surface area contributed by atoms with Gasteiger partial charge in [-0.3, -0.25) is 9.59 Å². The molecular formula is C18H25NO4. The van der Waals surface area contributed by atoms with Crippen LogP contribution in [0.25, 0.3) is 6.08 Å². The van der Waals surface area contributed by atoms with Crippen molar-refractivity contribution in [3.05, 3.63) is 35.9 Å². The summed E-state index contributed by atoms with van der Waals surface area (Å²) in [5, 5.41) is 2.82. The Hall–Kier alpha value is -2.30. The quantitative estimate of drug-likeness (QED) is 0.409. The summed E-state index contributed by atoms with van der Waals surface area (Å²) in [6, 6.07) is 7.49. The third-order valence-electron chi connectivity index (χ3n) is 3.18. The summed E-state index contributed by atoms with van der Waals surface area (Å²) in [5.41, 5.74) is 0.911. The first kappa shape index (κ1) is 18.7. The zero-order valence-corrected chi connectivity index (χ0v) is 13.8. The number of benzene rings is 1. The Balaban J connectivity index is 2.16. The Morgan fingerprint density at radius 1 is 1.22 bits per heavy atom. The molecule has 0 saturated heterocycles. The van der Waals surface area contributed by atoms with Crippen molar-refractivity contribution in [3.8, 4) is 5.75 Å². The molecule has 0 aliphatic heterocycles. The highest BCUT2D eigenvalue weighted by atomic mass is 16.5. The molecule has 1 aromatic rings. The second kappa shape index (κ2) is 11.3. The van der Waals surface area contributed by atoms with E-state index >= 15 is 0 Å². The summed E-state index contributed by atoms with van der Waals surface area (Å²) in [5.74, 6) is 0.477. The zero-order chi connectivity index (χ0) is 16.9. The van der Waals surface area contributed by atoms with Gasteiger partial charge in [0.1, 0.15) is 5.75 Å². The first-order valence-corrected chi connectivity index (χ1v) is 7.91. The summed E-state index contributed by atoms with van der Waals surface area (Å²) in [4.78, 5) is 22.8. The van der Waals surface area contributed by atoms with Crippen LogP contribution in [-0.4, -0.2) is 32.1 Å². The fourth-order valence-electron chi connectivity index (χ4n) is 1.99. The molecule has 0 aliphatic carbocycles. The highest BCUT2D eigenvalue weighted by molar-refractivity contribution is 5.91. The van der Waals surface area contributed by atoms with Crippen molar-refractivity contribution in [1.82, 2.24) is 5.32 Å². The van der Waals surface area contributed by atoms with E-state index in [-0.39, 0.29) is 11.9 Å². The number of methoxy groups -OCH3 is 1. The predicted molar refractivity (Wildman–Crippen MR) is 90.1 cm³/mol. The van der Waals surface area contributed by atoms with Gasteiger partial charge in [-0.15, -0.1) is 0 Å². The minimum atomic E-state index is -0.155. The van der Waals surface area contributed by atoms with Crippen molar-refractivity contribution in [1.29, 1.82) is 0 Å². The molecule has 0 unspecified atom stereocenters. The van der Waals surface area contributed by atoms with Gasteiger partial charge in [-0.1, -0.05) is 18.6 Å². The summed E-state index contributed by atoms with van der Waals surface area (Å²) < 4.78 is 9.98. The maximum absolute atomic E-state index is 11.7. The van der Waals surface area contributed by atoms with E-state index < -0.39 is 0 Å². The molecule has 23 heavy (non-hydrogen) atoms. The van der Waals surface area contributed by atoms with Crippen molar-refractivity contribution in [2.75, 3.05) is 20.3 Å². The van der Waals surface area contributed by atoms with Crippen molar-refractivity contribution in [3.63, 3.8) is 0 Å². The van der Waals surface area contributed by atoms with Gasteiger partial charge in [0, 0.05) is 19.0 Å². The van der Waals surface area contributed by atoms with E-state index in [1.165, 1.54) is 6.08 Å². The van der Waals surface area contributed by atoms with Crippen molar-refractivity contribution < 1.29 is 19.1 Å². The lowest BCUT2D eigenvalue weighted by molar-refractivity contribution is -0.143. The maximum atomic E-state index is 11.7. The number of amides is 1. The van der Waals surface area contributed by atoms with E-state index in [1.54, 1.807) is 20.1 Å². The van der Waals surface area contributed by atoms with Crippen LogP contribution in [0.5, 0.6) is 5.75 Å². The summed E-state index contributed by atoms with van der Waals surface area (Å²) in [6.07, 6.45) is 6.22. The third kappa shape index (κ3) is 8.66. The fraction of sp³-hybridized carbons (Fsp3) is 0.444. The molecule has 5 nitrogen and oxygen atoms in total. The first-order valence-electron chi connectivity index (χ1n) is 7.91. The number of rotatable bonds is 10. The highest BCUT2D eigenvalue weighted by Crippen LogP contribution is 2.13. The molecule has 1 aromatic carbocycles. The molecule has 0 bridgehead atoms. The van der Waals surface area contributed by atoms with E-state index in [1.807, 2.05) is 24.3 Å². The molecule has 5 heteroatoms. The normalized spacial score (nSPS) is 10.5. The van der Waals surface area contributed by atoms with Crippen LogP contribution in [0, 0.1) is 0 Å². The molecule has 0 saturated carbocycles. The average Bonchev–Trinajstić information content (AvgIpc) is 2.56. The van der Waals surface area contributed by atoms with Gasteiger partial charge < -0.3 is 14.8 Å². The van der Waals surface area contributed by atoms with Crippen molar-refractivity contribution in [2.45, 2.75) is 32.6 Å². The van der Waals surface area contributed by atoms with Crippen LogP contribution in [-0.2, 0) is 14.3 Å². The van der Waals surface area contributed by atoms with E-state index in [0.717, 1.165) is 30.6 Å². The lowest BCUT2D eigenvalue weighted by Gasteiger charge is -2.03. The summed E-state index contributed by atoms with van der Waals surface area (Å²) in [7, 11) is 1.61. The Kier molecular flexibility index (Phi) is 9.20. The zero-order valence-electron chi connectivity index (χ0n) is 13.8. The molecule has 126 valence electrons. The fourth-order valence-corrected chi connectivity index (χ4v) is 1.99. The highest BCUT2D eigenvalue weighted by Gasteiger charge is 2.01. The lowest BCUT2D eigenvalue weighted by Crippen LogP contribution is -2.22. The molecule has 0 fully saturated rings. The van der Waals surface area contributed by atoms with Gasteiger partial charge in [-0.2, -0.15) is 0 Å². The number of unbranched alkanes of at least 4 members (excludes halogenated alkanes) is 2. The number of ether oxygens (including phenoxy) is 2. The largest absolute Gasteiger partial charge is 0.497 e. The Morgan fingerprint density at radius 2 is 2.04 bits per heavy atom. The van der Waals surface area contributed by atoms with Crippen molar-refractivity contribution >= 4 is 18.0 Å². The number of hydrogen-bond donors (Lipinski definition) is 1. The second-order valence-electron chi connectivity index (χ2n) is 5.02. The van der Waals surface area contributed by atoms with Crippen LogP contribution in [0.3, 0.4) is 0 Å². The molecule has 1 amide bonds. The Morgan fingerprint density at radius 3 is 2.78 bits per heavy atom. The van der Waals surface area contributed by atoms with Gasteiger partial charge in [0.15, 0.2) is 0 Å². The SMILES string of the molecule is CCOC(=O)CCCCCNC(=O)/C=C/c1cccc(OC)c1. The number of carbonyl (C=O) groups is 2. The van der Waals surface area contributed by atoms with Crippen LogP contribution >= 0.6 is 0 Å². The molecule has 0 spiro atoms. The molecule has 0 atom stereocenters. The number of esters is 1. The van der Waals surface area contributed by atoms with Crippen molar-refractivity contribution in [2.24, 2.45) is 0 Å². The predicted octanol–water partition coefficient (Wildman–Crippen LogP) is 2.95. The number of nitrogens with one attached hydrogen (secondary N) is 1. The third-order valence-corrected chi connectivity index (χ3v) is 3.18.